The number of carbonyl (C=O) groups excluding carboxylic acids is 2. The first-order valence-electron chi connectivity index (χ1n) is 12.7. The van der Waals surface area contributed by atoms with Crippen molar-refractivity contribution in [1.82, 2.24) is 9.80 Å². The summed E-state index contributed by atoms with van der Waals surface area (Å²) in [6.07, 6.45) is 3.99. The number of anilines is 1. The Kier molecular flexibility index (Phi) is 5.44. The summed E-state index contributed by atoms with van der Waals surface area (Å²) in [6.45, 7) is 17.8. The monoisotopic (exact) mass is 493 g/mol. The van der Waals surface area contributed by atoms with E-state index in [0.29, 0.717) is 18.8 Å². The molecule has 1 aromatic carbocycles. The normalized spacial score (nSPS) is 22.7. The molecule has 4 aliphatic rings. The summed E-state index contributed by atoms with van der Waals surface area (Å²) >= 11 is 5.45. The summed E-state index contributed by atoms with van der Waals surface area (Å²) < 4.78 is 6.62. The van der Waals surface area contributed by atoms with Crippen LogP contribution in [0.4, 0.5) is 5.69 Å². The Bertz CT molecular complexity index is 1210. The molecule has 0 saturated carbocycles. The van der Waals surface area contributed by atoms with E-state index in [4.69, 9.17) is 17.0 Å². The summed E-state index contributed by atoms with van der Waals surface area (Å²) in [6, 6.07) is 2.28. The van der Waals surface area contributed by atoms with E-state index in [0.717, 1.165) is 42.8 Å². The van der Waals surface area contributed by atoms with Crippen LogP contribution in [0.1, 0.15) is 78.0 Å². The second-order valence-corrected chi connectivity index (χ2v) is 11.7. The van der Waals surface area contributed by atoms with Gasteiger partial charge in [-0.2, -0.15) is 0 Å². The van der Waals surface area contributed by atoms with Crippen LogP contribution in [0.2, 0.25) is 0 Å². The second-order valence-electron chi connectivity index (χ2n) is 11.3. The summed E-state index contributed by atoms with van der Waals surface area (Å²) in [7, 11) is 0. The quantitative estimate of drug-likeness (QED) is 0.333. The van der Waals surface area contributed by atoms with Crippen molar-refractivity contribution in [3.63, 3.8) is 0 Å². The van der Waals surface area contributed by atoms with E-state index < -0.39 is 0 Å². The fourth-order valence-electron chi connectivity index (χ4n) is 5.94. The molecule has 4 aliphatic heterocycles. The van der Waals surface area contributed by atoms with Gasteiger partial charge in [-0.05, 0) is 79.9 Å². The maximum atomic E-state index is 13.4. The van der Waals surface area contributed by atoms with E-state index >= 15 is 0 Å². The van der Waals surface area contributed by atoms with Gasteiger partial charge in [-0.1, -0.05) is 27.7 Å². The highest BCUT2D eigenvalue weighted by Crippen LogP contribution is 2.55. The van der Waals surface area contributed by atoms with Crippen LogP contribution in [-0.2, 0) is 20.4 Å². The number of likely N-dealkylation sites (N-methyl/N-ethyl adjacent to an activating group) is 2. The van der Waals surface area contributed by atoms with Gasteiger partial charge in [0.2, 0.25) is 0 Å². The first-order valence-corrected chi connectivity index (χ1v) is 13.1. The molecule has 7 heteroatoms. The van der Waals surface area contributed by atoms with Crippen molar-refractivity contribution in [3.8, 4) is 5.75 Å². The SMILES string of the molecule is CCN1C(=O)C(=C2C=C(C)c3cc4c5c(c3O2)C(C)(C)CCN5CCC4(C)C)C(=O)N(CC)C1=S. The number of hydrogen-bond donors (Lipinski definition) is 0. The number of hydrogen-bond acceptors (Lipinski definition) is 5. The van der Waals surface area contributed by atoms with Crippen LogP contribution in [0.15, 0.2) is 23.5 Å². The van der Waals surface area contributed by atoms with E-state index in [1.54, 1.807) is 0 Å². The van der Waals surface area contributed by atoms with Gasteiger partial charge < -0.3 is 9.64 Å². The molecule has 6 nitrogen and oxygen atoms in total. The number of nitrogens with zero attached hydrogens (tertiary/aromatic N) is 3. The van der Waals surface area contributed by atoms with Crippen LogP contribution in [0.3, 0.4) is 0 Å². The number of thiocarbonyl (C=S) groups is 1. The van der Waals surface area contributed by atoms with Gasteiger partial charge in [-0.25, -0.2) is 0 Å². The summed E-state index contributed by atoms with van der Waals surface area (Å²) in [5.41, 5.74) is 5.92. The lowest BCUT2D eigenvalue weighted by Gasteiger charge is -2.49. The maximum Gasteiger partial charge on any atom is 0.269 e. The van der Waals surface area contributed by atoms with Crippen LogP contribution < -0.4 is 9.64 Å². The molecule has 1 saturated heterocycles. The Hall–Kier alpha value is -2.67. The minimum Gasteiger partial charge on any atom is -0.455 e. The average molecular weight is 494 g/mol. The summed E-state index contributed by atoms with van der Waals surface area (Å²) in [5.74, 6) is 0.341. The highest BCUT2D eigenvalue weighted by Gasteiger charge is 2.45. The van der Waals surface area contributed by atoms with E-state index in [9.17, 15) is 9.59 Å². The van der Waals surface area contributed by atoms with E-state index in [2.05, 4.69) is 38.7 Å². The third-order valence-electron chi connectivity index (χ3n) is 8.23. The van der Waals surface area contributed by atoms with E-state index in [-0.39, 0.29) is 33.3 Å². The Balaban J connectivity index is 1.76. The fourth-order valence-corrected chi connectivity index (χ4v) is 6.36. The highest BCUT2D eigenvalue weighted by molar-refractivity contribution is 7.80. The van der Waals surface area contributed by atoms with Gasteiger partial charge in [0.15, 0.2) is 5.11 Å². The van der Waals surface area contributed by atoms with Crippen LogP contribution in [-0.4, -0.2) is 52.9 Å². The molecular weight excluding hydrogens is 458 g/mol. The van der Waals surface area contributed by atoms with Gasteiger partial charge in [-0.3, -0.25) is 19.4 Å². The van der Waals surface area contributed by atoms with Gasteiger partial charge in [-0.15, -0.1) is 0 Å². The predicted molar refractivity (Wildman–Crippen MR) is 143 cm³/mol. The number of benzene rings is 1. The number of allylic oxidation sites excluding steroid dienone is 2. The van der Waals surface area contributed by atoms with Crippen LogP contribution in [0.5, 0.6) is 5.75 Å². The highest BCUT2D eigenvalue weighted by atomic mass is 32.1. The zero-order valence-electron chi connectivity index (χ0n) is 21.9. The molecule has 5 rings (SSSR count). The second kappa shape index (κ2) is 7.92. The molecule has 0 radical (unpaired) electrons. The van der Waals surface area contributed by atoms with E-state index in [1.165, 1.54) is 26.6 Å². The lowest BCUT2D eigenvalue weighted by molar-refractivity contribution is -0.133. The summed E-state index contributed by atoms with van der Waals surface area (Å²) in [4.78, 5) is 32.3. The van der Waals surface area contributed by atoms with Gasteiger partial charge in [0.05, 0.1) is 0 Å². The standard InChI is InChI=1S/C28H35N3O3S/c1-8-30-24(32)20(25(33)31(9-2)26(30)35)19-14-16(3)17-15-18-22-21(23(17)34-19)28(6,7)11-13-29(22)12-10-27(18,4)5/h14-15H,8-13H2,1-7H3. The Morgan fingerprint density at radius 1 is 0.971 bits per heavy atom. The maximum absolute atomic E-state index is 13.4. The molecule has 0 spiro atoms. The topological polar surface area (TPSA) is 53.1 Å². The molecule has 0 aromatic heterocycles. The largest absolute Gasteiger partial charge is 0.455 e. The summed E-state index contributed by atoms with van der Waals surface area (Å²) in [5, 5.41) is 0.259. The molecule has 35 heavy (non-hydrogen) atoms. The molecule has 0 aliphatic carbocycles. The van der Waals surface area contributed by atoms with Crippen molar-refractivity contribution >= 4 is 40.4 Å². The number of fused-ring (bicyclic) bond motifs is 2. The van der Waals surface area contributed by atoms with Crippen molar-refractivity contribution in [2.45, 2.75) is 72.1 Å². The number of carbonyl (C=O) groups is 2. The molecule has 186 valence electrons. The predicted octanol–water partition coefficient (Wildman–Crippen LogP) is 4.90. The van der Waals surface area contributed by atoms with Crippen molar-refractivity contribution in [2.24, 2.45) is 0 Å². The molecule has 1 fully saturated rings. The molecule has 0 atom stereocenters. The Labute approximate surface area is 213 Å². The van der Waals surface area contributed by atoms with Crippen molar-refractivity contribution in [3.05, 3.63) is 40.2 Å². The molecule has 0 unspecified atom stereocenters. The smallest absolute Gasteiger partial charge is 0.269 e. The van der Waals surface area contributed by atoms with Crippen LogP contribution in [0, 0.1) is 0 Å². The van der Waals surface area contributed by atoms with Crippen molar-refractivity contribution in [2.75, 3.05) is 31.1 Å². The Morgan fingerprint density at radius 2 is 1.54 bits per heavy atom. The number of amides is 2. The van der Waals surface area contributed by atoms with Crippen LogP contribution >= 0.6 is 12.2 Å². The van der Waals surface area contributed by atoms with Gasteiger partial charge >= 0.3 is 0 Å². The van der Waals surface area contributed by atoms with Crippen molar-refractivity contribution < 1.29 is 14.3 Å². The molecule has 4 heterocycles. The molecule has 1 aromatic rings. The lowest BCUT2D eigenvalue weighted by Crippen LogP contribution is -2.56. The van der Waals surface area contributed by atoms with Gasteiger partial charge in [0, 0.05) is 43.0 Å². The fraction of sp³-hybridized carbons (Fsp3) is 0.536. The minimum atomic E-state index is -0.386. The first kappa shape index (κ1) is 24.0. The zero-order valence-corrected chi connectivity index (χ0v) is 22.7. The van der Waals surface area contributed by atoms with Gasteiger partial charge in [0.1, 0.15) is 17.1 Å². The van der Waals surface area contributed by atoms with Crippen LogP contribution in [0.25, 0.3) is 5.57 Å². The average Bonchev–Trinajstić information content (AvgIpc) is 2.78. The zero-order chi connectivity index (χ0) is 25.4. The third-order valence-corrected chi connectivity index (χ3v) is 8.67. The molecule has 0 bridgehead atoms. The molecular formula is C28H35N3O3S. The van der Waals surface area contributed by atoms with Gasteiger partial charge in [0.25, 0.3) is 11.8 Å². The molecule has 2 amide bonds. The van der Waals surface area contributed by atoms with Crippen molar-refractivity contribution in [1.29, 1.82) is 0 Å². The minimum absolute atomic E-state index is 0.0584. The van der Waals surface area contributed by atoms with E-state index in [1.807, 2.05) is 26.8 Å². The lowest BCUT2D eigenvalue weighted by atomic mass is 9.68. The Morgan fingerprint density at radius 3 is 2.11 bits per heavy atom. The number of rotatable bonds is 2. The number of ether oxygens (including phenoxy) is 1. The molecule has 0 N–H and O–H groups in total. The third kappa shape index (κ3) is 3.38. The first-order chi connectivity index (χ1) is 16.4.